The largest absolute Gasteiger partial charge is 0.483 e. The lowest BCUT2D eigenvalue weighted by atomic mass is 10.1. The molecular formula is C21H24BrN3O3. The standard InChI is InChI=1S/C21H24BrN3O3/c1-14-9-10-19(18(22)11-14)28-13-21(27)25-24-15(2)12-20(26)23-16(3)17-7-5-4-6-8-17/h4-11,16H,12-13H2,1-3H3,(H,23,26)(H,25,27)/t16-/m1/s1. The summed E-state index contributed by atoms with van der Waals surface area (Å²) in [6.45, 7) is 5.40. The number of hydrazone groups is 1. The second-order valence-corrected chi connectivity index (χ2v) is 7.34. The molecule has 2 amide bonds. The van der Waals surface area contributed by atoms with Gasteiger partial charge in [0.2, 0.25) is 5.91 Å². The Kier molecular flexibility index (Phi) is 8.19. The molecule has 0 radical (unpaired) electrons. The number of aryl methyl sites for hydroxylation is 1. The topological polar surface area (TPSA) is 79.8 Å². The molecule has 2 aromatic carbocycles. The molecule has 7 heteroatoms. The van der Waals surface area contributed by atoms with E-state index in [0.29, 0.717) is 11.5 Å². The molecule has 0 aromatic heterocycles. The zero-order chi connectivity index (χ0) is 20.5. The first kappa shape index (κ1) is 21.6. The number of amides is 2. The quantitative estimate of drug-likeness (QED) is 0.477. The van der Waals surface area contributed by atoms with Gasteiger partial charge in [-0.2, -0.15) is 5.10 Å². The molecule has 0 heterocycles. The lowest BCUT2D eigenvalue weighted by Crippen LogP contribution is -2.29. The maximum atomic E-state index is 12.1. The first-order valence-corrected chi connectivity index (χ1v) is 9.69. The van der Waals surface area contributed by atoms with Crippen LogP contribution in [0, 0.1) is 6.92 Å². The maximum Gasteiger partial charge on any atom is 0.277 e. The molecule has 0 aliphatic heterocycles. The van der Waals surface area contributed by atoms with Gasteiger partial charge in [-0.25, -0.2) is 5.43 Å². The lowest BCUT2D eigenvalue weighted by molar-refractivity contribution is -0.123. The van der Waals surface area contributed by atoms with Gasteiger partial charge in [0, 0.05) is 5.71 Å². The predicted octanol–water partition coefficient (Wildman–Crippen LogP) is 3.90. The van der Waals surface area contributed by atoms with Gasteiger partial charge < -0.3 is 10.1 Å². The molecule has 0 saturated heterocycles. The summed E-state index contributed by atoms with van der Waals surface area (Å²) in [5.74, 6) is 0.0207. The summed E-state index contributed by atoms with van der Waals surface area (Å²) in [5.41, 5.74) is 5.02. The van der Waals surface area contributed by atoms with Crippen LogP contribution in [0.3, 0.4) is 0 Å². The first-order chi connectivity index (χ1) is 13.3. The zero-order valence-corrected chi connectivity index (χ0v) is 17.7. The fourth-order valence-corrected chi connectivity index (χ4v) is 3.05. The molecule has 28 heavy (non-hydrogen) atoms. The Balaban J connectivity index is 1.76. The highest BCUT2D eigenvalue weighted by atomic mass is 79.9. The number of carbonyl (C=O) groups is 2. The molecule has 2 rings (SSSR count). The summed E-state index contributed by atoms with van der Waals surface area (Å²) in [6, 6.07) is 15.2. The van der Waals surface area contributed by atoms with Crippen molar-refractivity contribution >= 4 is 33.5 Å². The fourth-order valence-electron chi connectivity index (χ4n) is 2.45. The van der Waals surface area contributed by atoms with E-state index in [2.05, 4.69) is 31.8 Å². The third kappa shape index (κ3) is 7.15. The number of nitrogens with zero attached hydrogens (tertiary/aromatic N) is 1. The van der Waals surface area contributed by atoms with Crippen molar-refractivity contribution in [3.63, 3.8) is 0 Å². The van der Waals surface area contributed by atoms with Crippen molar-refractivity contribution in [2.24, 2.45) is 5.10 Å². The van der Waals surface area contributed by atoms with Crippen molar-refractivity contribution in [2.75, 3.05) is 6.61 Å². The van der Waals surface area contributed by atoms with Crippen LogP contribution in [-0.4, -0.2) is 24.1 Å². The number of hydrogen-bond acceptors (Lipinski definition) is 4. The highest BCUT2D eigenvalue weighted by Gasteiger charge is 2.11. The van der Waals surface area contributed by atoms with Gasteiger partial charge in [-0.1, -0.05) is 36.4 Å². The summed E-state index contributed by atoms with van der Waals surface area (Å²) in [7, 11) is 0. The summed E-state index contributed by atoms with van der Waals surface area (Å²) in [5, 5.41) is 6.87. The summed E-state index contributed by atoms with van der Waals surface area (Å²) in [4.78, 5) is 24.0. The molecular weight excluding hydrogens is 422 g/mol. The van der Waals surface area contributed by atoms with Crippen molar-refractivity contribution in [1.29, 1.82) is 0 Å². The summed E-state index contributed by atoms with van der Waals surface area (Å²) >= 11 is 3.39. The lowest BCUT2D eigenvalue weighted by Gasteiger charge is -2.14. The van der Waals surface area contributed by atoms with Gasteiger partial charge in [0.05, 0.1) is 16.9 Å². The fraction of sp³-hybridized carbons (Fsp3) is 0.286. The number of benzene rings is 2. The SMILES string of the molecule is CC(CC(=O)N[C@H](C)c1ccccc1)=NNC(=O)COc1ccc(C)cc1Br. The highest BCUT2D eigenvalue weighted by Crippen LogP contribution is 2.25. The Labute approximate surface area is 173 Å². The number of hydrogen-bond donors (Lipinski definition) is 2. The average Bonchev–Trinajstić information content (AvgIpc) is 2.66. The Bertz CT molecular complexity index is 853. The van der Waals surface area contributed by atoms with E-state index in [4.69, 9.17) is 4.74 Å². The van der Waals surface area contributed by atoms with Crippen molar-refractivity contribution in [2.45, 2.75) is 33.2 Å². The number of nitrogens with one attached hydrogen (secondary N) is 2. The van der Waals surface area contributed by atoms with Crippen LogP contribution in [0.4, 0.5) is 0 Å². The monoisotopic (exact) mass is 445 g/mol. The predicted molar refractivity (Wildman–Crippen MR) is 113 cm³/mol. The van der Waals surface area contributed by atoms with Crippen LogP contribution in [0.2, 0.25) is 0 Å². The van der Waals surface area contributed by atoms with Crippen molar-refractivity contribution in [1.82, 2.24) is 10.7 Å². The molecule has 0 saturated carbocycles. The van der Waals surface area contributed by atoms with Gasteiger partial charge in [-0.15, -0.1) is 0 Å². The molecule has 0 aliphatic carbocycles. The second-order valence-electron chi connectivity index (χ2n) is 6.48. The third-order valence-corrected chi connectivity index (χ3v) is 4.53. The average molecular weight is 446 g/mol. The molecule has 0 aliphatic rings. The Morgan fingerprint density at radius 1 is 1.14 bits per heavy atom. The van der Waals surface area contributed by atoms with Crippen LogP contribution in [0.25, 0.3) is 0 Å². The van der Waals surface area contributed by atoms with Crippen LogP contribution in [0.1, 0.15) is 37.4 Å². The van der Waals surface area contributed by atoms with E-state index in [0.717, 1.165) is 15.6 Å². The van der Waals surface area contributed by atoms with E-state index in [1.54, 1.807) is 13.0 Å². The van der Waals surface area contributed by atoms with Gasteiger partial charge in [-0.05, 0) is 60.0 Å². The van der Waals surface area contributed by atoms with E-state index in [1.165, 1.54) is 0 Å². The van der Waals surface area contributed by atoms with Crippen molar-refractivity contribution in [3.05, 3.63) is 64.1 Å². The number of ether oxygens (including phenoxy) is 1. The molecule has 1 atom stereocenters. The molecule has 0 unspecified atom stereocenters. The number of carbonyl (C=O) groups excluding carboxylic acids is 2. The molecule has 2 N–H and O–H groups in total. The molecule has 2 aromatic rings. The minimum atomic E-state index is -0.398. The van der Waals surface area contributed by atoms with Crippen LogP contribution in [0.15, 0.2) is 58.1 Å². The second kappa shape index (κ2) is 10.6. The van der Waals surface area contributed by atoms with E-state index in [-0.39, 0.29) is 25.0 Å². The molecule has 0 spiro atoms. The Morgan fingerprint density at radius 2 is 1.86 bits per heavy atom. The van der Waals surface area contributed by atoms with Gasteiger partial charge >= 0.3 is 0 Å². The van der Waals surface area contributed by atoms with Gasteiger partial charge in [0.1, 0.15) is 5.75 Å². The number of halogens is 1. The third-order valence-electron chi connectivity index (χ3n) is 3.91. The van der Waals surface area contributed by atoms with Gasteiger partial charge in [-0.3, -0.25) is 9.59 Å². The summed E-state index contributed by atoms with van der Waals surface area (Å²) in [6.07, 6.45) is 0.0990. The van der Waals surface area contributed by atoms with E-state index >= 15 is 0 Å². The van der Waals surface area contributed by atoms with Crippen LogP contribution in [-0.2, 0) is 9.59 Å². The molecule has 0 bridgehead atoms. The van der Waals surface area contributed by atoms with E-state index < -0.39 is 5.91 Å². The first-order valence-electron chi connectivity index (χ1n) is 8.90. The van der Waals surface area contributed by atoms with Crippen LogP contribution in [0.5, 0.6) is 5.75 Å². The molecule has 148 valence electrons. The van der Waals surface area contributed by atoms with Gasteiger partial charge in [0.15, 0.2) is 6.61 Å². The van der Waals surface area contributed by atoms with E-state index in [1.807, 2.05) is 56.3 Å². The molecule has 6 nitrogen and oxygen atoms in total. The minimum absolute atomic E-state index is 0.0990. The summed E-state index contributed by atoms with van der Waals surface area (Å²) < 4.78 is 6.24. The van der Waals surface area contributed by atoms with Crippen LogP contribution < -0.4 is 15.5 Å². The Morgan fingerprint density at radius 3 is 2.54 bits per heavy atom. The van der Waals surface area contributed by atoms with E-state index in [9.17, 15) is 9.59 Å². The molecule has 0 fully saturated rings. The minimum Gasteiger partial charge on any atom is -0.483 e. The highest BCUT2D eigenvalue weighted by molar-refractivity contribution is 9.10. The number of rotatable bonds is 8. The van der Waals surface area contributed by atoms with Crippen molar-refractivity contribution in [3.8, 4) is 5.75 Å². The Hall–Kier alpha value is -2.67. The van der Waals surface area contributed by atoms with Crippen LogP contribution >= 0.6 is 15.9 Å². The zero-order valence-electron chi connectivity index (χ0n) is 16.2. The van der Waals surface area contributed by atoms with Crippen molar-refractivity contribution < 1.29 is 14.3 Å². The normalized spacial score (nSPS) is 12.2. The van der Waals surface area contributed by atoms with Gasteiger partial charge in [0.25, 0.3) is 5.91 Å². The maximum absolute atomic E-state index is 12.1. The smallest absolute Gasteiger partial charge is 0.277 e.